The van der Waals surface area contributed by atoms with Crippen LogP contribution in [0.2, 0.25) is 16.6 Å². The first-order chi connectivity index (χ1) is 10.4. The Hall–Kier alpha value is 0.177. The SMILES string of the molecule is CCOC(C1[CH]CCCCCC1)[Si](C(C)C)(C(C)C)C(C)C. The van der Waals surface area contributed by atoms with Crippen molar-refractivity contribution in [1.29, 1.82) is 0 Å². The summed E-state index contributed by atoms with van der Waals surface area (Å²) in [6, 6.07) is 0. The highest BCUT2D eigenvalue weighted by molar-refractivity contribution is 6.84. The average Bonchev–Trinajstić information content (AvgIpc) is 2.37. The van der Waals surface area contributed by atoms with Crippen LogP contribution in [0.4, 0.5) is 0 Å². The number of hydrogen-bond donors (Lipinski definition) is 0. The summed E-state index contributed by atoms with van der Waals surface area (Å²) in [4.78, 5) is 0. The van der Waals surface area contributed by atoms with Gasteiger partial charge in [-0.25, -0.2) is 0 Å². The molecule has 0 heterocycles. The van der Waals surface area contributed by atoms with Crippen LogP contribution in [0.5, 0.6) is 0 Å². The van der Waals surface area contributed by atoms with Crippen molar-refractivity contribution in [3.63, 3.8) is 0 Å². The Morgan fingerprint density at radius 1 is 0.909 bits per heavy atom. The number of ether oxygens (including phenoxy) is 1. The van der Waals surface area contributed by atoms with Crippen molar-refractivity contribution in [2.45, 2.75) is 109 Å². The highest BCUT2D eigenvalue weighted by atomic mass is 28.3. The van der Waals surface area contributed by atoms with Crippen LogP contribution in [0.1, 0.15) is 87.0 Å². The molecule has 2 unspecified atom stereocenters. The van der Waals surface area contributed by atoms with Crippen LogP contribution in [0.3, 0.4) is 0 Å². The molecule has 22 heavy (non-hydrogen) atoms. The Kier molecular flexibility index (Phi) is 8.70. The van der Waals surface area contributed by atoms with E-state index in [9.17, 15) is 0 Å². The Bertz CT molecular complexity index is 268. The maximum atomic E-state index is 6.56. The first-order valence-corrected chi connectivity index (χ1v) is 12.1. The summed E-state index contributed by atoms with van der Waals surface area (Å²) < 4.78 is 6.56. The fraction of sp³-hybridized carbons (Fsp3) is 0.950. The Morgan fingerprint density at radius 3 is 1.95 bits per heavy atom. The molecule has 2 heteroatoms. The van der Waals surface area contributed by atoms with E-state index in [-0.39, 0.29) is 0 Å². The summed E-state index contributed by atoms with van der Waals surface area (Å²) in [6.45, 7) is 17.9. The zero-order chi connectivity index (χ0) is 16.8. The van der Waals surface area contributed by atoms with Gasteiger partial charge in [-0.3, -0.25) is 0 Å². The molecule has 0 bridgehead atoms. The van der Waals surface area contributed by atoms with Crippen LogP contribution in [-0.4, -0.2) is 20.4 Å². The monoisotopic (exact) mass is 325 g/mol. The van der Waals surface area contributed by atoms with Crippen LogP contribution < -0.4 is 0 Å². The lowest BCUT2D eigenvalue weighted by Crippen LogP contribution is -2.59. The summed E-state index contributed by atoms with van der Waals surface area (Å²) in [5.74, 6) is 0.694. The highest BCUT2D eigenvalue weighted by Gasteiger charge is 2.52. The molecule has 1 aliphatic carbocycles. The zero-order valence-corrected chi connectivity index (χ0v) is 17.3. The molecule has 0 aromatic carbocycles. The summed E-state index contributed by atoms with van der Waals surface area (Å²) >= 11 is 0. The first kappa shape index (κ1) is 20.2. The Balaban J connectivity index is 3.15. The van der Waals surface area contributed by atoms with Crippen LogP contribution in [-0.2, 0) is 4.74 Å². The van der Waals surface area contributed by atoms with Crippen molar-refractivity contribution in [2.24, 2.45) is 5.92 Å². The van der Waals surface area contributed by atoms with E-state index >= 15 is 0 Å². The van der Waals surface area contributed by atoms with Crippen molar-refractivity contribution >= 4 is 8.07 Å². The van der Waals surface area contributed by atoms with Crippen molar-refractivity contribution in [1.82, 2.24) is 0 Å². The predicted octanol–water partition coefficient (Wildman–Crippen LogP) is 6.78. The minimum absolute atomic E-state index is 0.510. The second kappa shape index (κ2) is 9.47. The molecule has 0 aliphatic heterocycles. The molecule has 0 aromatic heterocycles. The second-order valence-electron chi connectivity index (χ2n) is 8.23. The van der Waals surface area contributed by atoms with Gasteiger partial charge in [-0.05, 0) is 48.7 Å². The molecule has 0 amide bonds. The van der Waals surface area contributed by atoms with Gasteiger partial charge in [-0.1, -0.05) is 67.2 Å². The summed E-state index contributed by atoms with van der Waals surface area (Å²) in [5, 5.41) is 0. The molecule has 131 valence electrons. The molecule has 0 spiro atoms. The van der Waals surface area contributed by atoms with Crippen molar-refractivity contribution in [2.75, 3.05) is 6.61 Å². The van der Waals surface area contributed by atoms with Gasteiger partial charge in [-0.15, -0.1) is 0 Å². The third-order valence-electron chi connectivity index (χ3n) is 6.19. The minimum atomic E-state index is -1.56. The molecule has 1 nitrogen and oxygen atoms in total. The van der Waals surface area contributed by atoms with E-state index in [2.05, 4.69) is 54.9 Å². The van der Waals surface area contributed by atoms with Gasteiger partial charge in [0.2, 0.25) is 0 Å². The minimum Gasteiger partial charge on any atom is -0.382 e. The number of rotatable bonds is 7. The van der Waals surface area contributed by atoms with Crippen LogP contribution in [0.15, 0.2) is 0 Å². The van der Waals surface area contributed by atoms with E-state index in [0.717, 1.165) is 23.2 Å². The summed E-state index contributed by atoms with van der Waals surface area (Å²) in [6.07, 6.45) is 10.9. The van der Waals surface area contributed by atoms with Crippen LogP contribution in [0, 0.1) is 12.3 Å². The molecular weight excluding hydrogens is 284 g/mol. The molecule has 0 saturated heterocycles. The van der Waals surface area contributed by atoms with Gasteiger partial charge >= 0.3 is 0 Å². The maximum Gasteiger partial charge on any atom is 0.0955 e. The smallest absolute Gasteiger partial charge is 0.0955 e. The predicted molar refractivity (Wildman–Crippen MR) is 102 cm³/mol. The molecule has 1 aliphatic rings. The van der Waals surface area contributed by atoms with E-state index in [0.29, 0.717) is 11.6 Å². The molecule has 0 N–H and O–H groups in total. The fourth-order valence-electron chi connectivity index (χ4n) is 5.41. The average molecular weight is 326 g/mol. The van der Waals surface area contributed by atoms with Gasteiger partial charge in [0.15, 0.2) is 0 Å². The zero-order valence-electron chi connectivity index (χ0n) is 16.3. The van der Waals surface area contributed by atoms with Gasteiger partial charge in [0, 0.05) is 6.61 Å². The second-order valence-corrected chi connectivity index (χ2v) is 14.3. The van der Waals surface area contributed by atoms with E-state index in [1.165, 1.54) is 38.5 Å². The van der Waals surface area contributed by atoms with Crippen molar-refractivity contribution < 1.29 is 4.74 Å². The molecule has 1 saturated carbocycles. The largest absolute Gasteiger partial charge is 0.382 e. The first-order valence-electron chi connectivity index (χ1n) is 9.83. The van der Waals surface area contributed by atoms with E-state index < -0.39 is 8.07 Å². The standard InChI is InChI=1S/C20H41OSi/c1-8-21-20(19-14-12-10-9-11-13-15-19)22(16(2)3,17(4)5)18(6)7/h14,16-20H,8-13,15H2,1-7H3. The van der Waals surface area contributed by atoms with Crippen molar-refractivity contribution in [3.8, 4) is 0 Å². The third-order valence-corrected chi connectivity index (χ3v) is 13.8. The molecule has 1 rings (SSSR count). The fourth-order valence-corrected chi connectivity index (χ4v) is 12.9. The lowest BCUT2D eigenvalue weighted by atomic mass is 9.91. The van der Waals surface area contributed by atoms with Gasteiger partial charge < -0.3 is 4.74 Å². The van der Waals surface area contributed by atoms with Gasteiger partial charge in [0.1, 0.15) is 0 Å². The molecular formula is C20H41OSi. The van der Waals surface area contributed by atoms with Gasteiger partial charge in [0.25, 0.3) is 0 Å². The van der Waals surface area contributed by atoms with E-state index in [4.69, 9.17) is 4.74 Å². The highest BCUT2D eigenvalue weighted by Crippen LogP contribution is 2.48. The summed E-state index contributed by atoms with van der Waals surface area (Å²) in [7, 11) is -1.56. The lowest BCUT2D eigenvalue weighted by molar-refractivity contribution is 0.0679. The molecule has 2 atom stereocenters. The third kappa shape index (κ3) is 4.38. The quantitative estimate of drug-likeness (QED) is 0.468. The van der Waals surface area contributed by atoms with Gasteiger partial charge in [0.05, 0.1) is 13.8 Å². The topological polar surface area (TPSA) is 9.23 Å². The normalized spacial score (nSPS) is 20.5. The maximum absolute atomic E-state index is 6.56. The molecule has 0 aromatic rings. The molecule has 1 radical (unpaired) electrons. The summed E-state index contributed by atoms with van der Waals surface area (Å²) in [5.41, 5.74) is 2.85. The van der Waals surface area contributed by atoms with E-state index in [1.807, 2.05) is 0 Å². The van der Waals surface area contributed by atoms with Crippen molar-refractivity contribution in [3.05, 3.63) is 6.42 Å². The lowest BCUT2D eigenvalue weighted by Gasteiger charge is -2.51. The van der Waals surface area contributed by atoms with Crippen LogP contribution in [0.25, 0.3) is 0 Å². The van der Waals surface area contributed by atoms with Crippen LogP contribution >= 0.6 is 0 Å². The molecule has 1 fully saturated rings. The van der Waals surface area contributed by atoms with E-state index in [1.54, 1.807) is 0 Å². The number of hydrogen-bond acceptors (Lipinski definition) is 1. The Morgan fingerprint density at radius 2 is 1.45 bits per heavy atom. The Labute approximate surface area is 141 Å². The van der Waals surface area contributed by atoms with Gasteiger partial charge in [-0.2, -0.15) is 0 Å².